The van der Waals surface area contributed by atoms with E-state index in [0.29, 0.717) is 6.04 Å². The second-order valence-corrected chi connectivity index (χ2v) is 3.46. The molecule has 0 amide bonds. The zero-order valence-corrected chi connectivity index (χ0v) is 7.54. The molecular weight excluding hydrogens is 140 g/mol. The van der Waals surface area contributed by atoms with Gasteiger partial charge in [0.2, 0.25) is 0 Å². The quantitative estimate of drug-likeness (QED) is 0.590. The maximum Gasteiger partial charge on any atom is 0.0664 e. The lowest BCUT2D eigenvalue weighted by Gasteiger charge is -2.40. The normalized spacial score (nSPS) is 24.8. The van der Waals surface area contributed by atoms with Gasteiger partial charge in [0, 0.05) is 25.2 Å². The molecule has 2 unspecified atom stereocenters. The number of nitrogens with one attached hydrogen (secondary N) is 1. The number of likely N-dealkylation sites (N-methyl/N-ethyl adjacent to an activating group) is 1. The SMILES string of the molecule is CC(O)C(C)N(C)C1CNC1. The Bertz CT molecular complexity index is 123. The van der Waals surface area contributed by atoms with Crippen molar-refractivity contribution in [2.24, 2.45) is 0 Å². The lowest BCUT2D eigenvalue weighted by Crippen LogP contribution is -2.59. The average Bonchev–Trinajstić information content (AvgIpc) is 1.82. The molecule has 0 bridgehead atoms. The Morgan fingerprint density at radius 1 is 1.45 bits per heavy atom. The number of aliphatic hydroxyl groups excluding tert-OH is 1. The molecule has 0 aromatic carbocycles. The first-order valence-electron chi connectivity index (χ1n) is 4.23. The molecular formula is C8H18N2O. The highest BCUT2D eigenvalue weighted by Crippen LogP contribution is 2.09. The Morgan fingerprint density at radius 2 is 2.00 bits per heavy atom. The van der Waals surface area contributed by atoms with Gasteiger partial charge in [0.15, 0.2) is 0 Å². The topological polar surface area (TPSA) is 35.5 Å². The molecule has 1 fully saturated rings. The first-order valence-corrected chi connectivity index (χ1v) is 4.23. The number of nitrogens with zero attached hydrogens (tertiary/aromatic N) is 1. The van der Waals surface area contributed by atoms with Crippen LogP contribution in [0.25, 0.3) is 0 Å². The highest BCUT2D eigenvalue weighted by molar-refractivity contribution is 4.86. The van der Waals surface area contributed by atoms with Crippen molar-refractivity contribution in [1.82, 2.24) is 10.2 Å². The van der Waals surface area contributed by atoms with Crippen molar-refractivity contribution in [3.63, 3.8) is 0 Å². The van der Waals surface area contributed by atoms with Gasteiger partial charge in [-0.2, -0.15) is 0 Å². The maximum absolute atomic E-state index is 9.30. The fourth-order valence-corrected chi connectivity index (χ4v) is 1.23. The van der Waals surface area contributed by atoms with Crippen molar-refractivity contribution >= 4 is 0 Å². The van der Waals surface area contributed by atoms with E-state index in [0.717, 1.165) is 13.1 Å². The van der Waals surface area contributed by atoms with Gasteiger partial charge in [-0.1, -0.05) is 0 Å². The van der Waals surface area contributed by atoms with E-state index in [1.807, 2.05) is 6.92 Å². The summed E-state index contributed by atoms with van der Waals surface area (Å²) in [6, 6.07) is 0.890. The van der Waals surface area contributed by atoms with E-state index >= 15 is 0 Å². The zero-order chi connectivity index (χ0) is 8.43. The van der Waals surface area contributed by atoms with E-state index in [1.165, 1.54) is 0 Å². The van der Waals surface area contributed by atoms with Crippen molar-refractivity contribution in [3.05, 3.63) is 0 Å². The third-order valence-electron chi connectivity index (χ3n) is 2.68. The van der Waals surface area contributed by atoms with Crippen LogP contribution < -0.4 is 5.32 Å². The minimum absolute atomic E-state index is 0.236. The van der Waals surface area contributed by atoms with Gasteiger partial charge in [0.25, 0.3) is 0 Å². The first-order chi connectivity index (χ1) is 5.13. The molecule has 3 heteroatoms. The molecule has 2 N–H and O–H groups in total. The molecule has 1 heterocycles. The van der Waals surface area contributed by atoms with Gasteiger partial charge in [0.05, 0.1) is 6.10 Å². The maximum atomic E-state index is 9.30. The number of rotatable bonds is 3. The average molecular weight is 158 g/mol. The molecule has 0 aromatic heterocycles. The van der Waals surface area contributed by atoms with E-state index in [4.69, 9.17) is 0 Å². The van der Waals surface area contributed by atoms with Crippen LogP contribution >= 0.6 is 0 Å². The molecule has 2 atom stereocenters. The molecule has 1 aliphatic heterocycles. The van der Waals surface area contributed by atoms with Gasteiger partial charge in [-0.25, -0.2) is 0 Å². The van der Waals surface area contributed by atoms with Crippen LogP contribution in [0.3, 0.4) is 0 Å². The summed E-state index contributed by atoms with van der Waals surface area (Å²) < 4.78 is 0. The van der Waals surface area contributed by atoms with Gasteiger partial charge in [-0.05, 0) is 20.9 Å². The molecule has 66 valence electrons. The first kappa shape index (κ1) is 8.97. The minimum atomic E-state index is -0.236. The molecule has 1 saturated heterocycles. The Hall–Kier alpha value is -0.120. The summed E-state index contributed by atoms with van der Waals surface area (Å²) in [5, 5.41) is 12.5. The Morgan fingerprint density at radius 3 is 2.27 bits per heavy atom. The molecule has 0 aromatic rings. The molecule has 0 saturated carbocycles. The van der Waals surface area contributed by atoms with Crippen LogP contribution in [-0.2, 0) is 0 Å². The highest BCUT2D eigenvalue weighted by atomic mass is 16.3. The van der Waals surface area contributed by atoms with Gasteiger partial charge >= 0.3 is 0 Å². The number of hydrogen-bond donors (Lipinski definition) is 2. The second-order valence-electron chi connectivity index (χ2n) is 3.46. The summed E-state index contributed by atoms with van der Waals surface area (Å²) in [6.07, 6.45) is -0.236. The summed E-state index contributed by atoms with van der Waals surface area (Å²) in [7, 11) is 2.07. The van der Waals surface area contributed by atoms with Gasteiger partial charge < -0.3 is 10.4 Å². The predicted octanol–water partition coefficient (Wildman–Crippen LogP) is -0.341. The van der Waals surface area contributed by atoms with E-state index < -0.39 is 0 Å². The molecule has 0 radical (unpaired) electrons. The van der Waals surface area contributed by atoms with Gasteiger partial charge in [-0.3, -0.25) is 4.90 Å². The van der Waals surface area contributed by atoms with Crippen LogP contribution in [0.1, 0.15) is 13.8 Å². The summed E-state index contributed by atoms with van der Waals surface area (Å²) in [4.78, 5) is 2.24. The monoisotopic (exact) mass is 158 g/mol. The van der Waals surface area contributed by atoms with Crippen molar-refractivity contribution < 1.29 is 5.11 Å². The van der Waals surface area contributed by atoms with Crippen LogP contribution in [-0.4, -0.2) is 48.3 Å². The predicted molar refractivity (Wildman–Crippen MR) is 45.6 cm³/mol. The Kier molecular flexibility index (Phi) is 2.87. The molecule has 0 aliphatic carbocycles. The molecule has 0 spiro atoms. The number of hydrogen-bond acceptors (Lipinski definition) is 3. The van der Waals surface area contributed by atoms with Crippen LogP contribution in [0.2, 0.25) is 0 Å². The summed E-state index contributed by atoms with van der Waals surface area (Å²) in [6.45, 7) is 6.03. The standard InChI is InChI=1S/C8H18N2O/c1-6(7(2)11)10(3)8-4-9-5-8/h6-9,11H,4-5H2,1-3H3. The van der Waals surface area contributed by atoms with Crippen molar-refractivity contribution in [1.29, 1.82) is 0 Å². The van der Waals surface area contributed by atoms with Crippen LogP contribution in [0.5, 0.6) is 0 Å². The summed E-state index contributed by atoms with van der Waals surface area (Å²) in [5.41, 5.74) is 0. The fourth-order valence-electron chi connectivity index (χ4n) is 1.23. The minimum Gasteiger partial charge on any atom is -0.392 e. The smallest absolute Gasteiger partial charge is 0.0664 e. The van der Waals surface area contributed by atoms with Crippen LogP contribution in [0.4, 0.5) is 0 Å². The fraction of sp³-hybridized carbons (Fsp3) is 1.00. The van der Waals surface area contributed by atoms with Gasteiger partial charge in [-0.15, -0.1) is 0 Å². The number of aliphatic hydroxyl groups is 1. The lowest BCUT2D eigenvalue weighted by molar-refractivity contribution is 0.0454. The van der Waals surface area contributed by atoms with Crippen molar-refractivity contribution in [3.8, 4) is 0 Å². The third kappa shape index (κ3) is 1.92. The summed E-state index contributed by atoms with van der Waals surface area (Å²) >= 11 is 0. The van der Waals surface area contributed by atoms with E-state index in [2.05, 4.69) is 24.2 Å². The molecule has 1 rings (SSSR count). The lowest BCUT2D eigenvalue weighted by atomic mass is 10.1. The van der Waals surface area contributed by atoms with E-state index in [9.17, 15) is 5.11 Å². The zero-order valence-electron chi connectivity index (χ0n) is 7.54. The van der Waals surface area contributed by atoms with E-state index in [-0.39, 0.29) is 12.1 Å². The Balaban J connectivity index is 2.32. The Labute approximate surface area is 68.4 Å². The molecule has 11 heavy (non-hydrogen) atoms. The summed E-state index contributed by atoms with van der Waals surface area (Å²) in [5.74, 6) is 0. The molecule has 3 nitrogen and oxygen atoms in total. The van der Waals surface area contributed by atoms with Crippen LogP contribution in [0.15, 0.2) is 0 Å². The van der Waals surface area contributed by atoms with Gasteiger partial charge in [0.1, 0.15) is 0 Å². The van der Waals surface area contributed by atoms with Crippen LogP contribution in [0, 0.1) is 0 Å². The highest BCUT2D eigenvalue weighted by Gasteiger charge is 2.26. The molecule has 1 aliphatic rings. The van der Waals surface area contributed by atoms with E-state index in [1.54, 1.807) is 0 Å². The van der Waals surface area contributed by atoms with Crippen molar-refractivity contribution in [2.75, 3.05) is 20.1 Å². The second kappa shape index (κ2) is 3.52. The largest absolute Gasteiger partial charge is 0.392 e. The van der Waals surface area contributed by atoms with Crippen molar-refractivity contribution in [2.45, 2.75) is 32.0 Å². The third-order valence-corrected chi connectivity index (χ3v) is 2.68.